The molecule has 0 aromatic heterocycles. The highest BCUT2D eigenvalue weighted by Gasteiger charge is 2.33. The molecule has 2 N–H and O–H groups in total. The first-order valence-electron chi connectivity index (χ1n) is 5.58. The molecule has 1 aliphatic rings. The Kier molecular flexibility index (Phi) is 3.48. The Morgan fingerprint density at radius 3 is 2.58 bits per heavy atom. The fraction of sp³-hybridized carbons (Fsp3) is 0.333. The Morgan fingerprint density at radius 1 is 1.37 bits per heavy atom. The fourth-order valence-corrected chi connectivity index (χ4v) is 2.05. The maximum absolute atomic E-state index is 13.8. The van der Waals surface area contributed by atoms with E-state index < -0.39 is 29.1 Å². The fourth-order valence-electron chi connectivity index (χ4n) is 2.05. The molecule has 1 aromatic carbocycles. The number of carboxylic acids is 1. The summed E-state index contributed by atoms with van der Waals surface area (Å²) >= 11 is 0. The van der Waals surface area contributed by atoms with Crippen molar-refractivity contribution in [1.29, 1.82) is 0 Å². The number of rotatable bonds is 3. The predicted octanol–water partition coefficient (Wildman–Crippen LogP) is 1.01. The number of carbonyl (C=O) groups excluding carboxylic acids is 1. The molecule has 102 valence electrons. The first kappa shape index (κ1) is 13.4. The van der Waals surface area contributed by atoms with Gasteiger partial charge in [-0.25, -0.2) is 13.6 Å². The van der Waals surface area contributed by atoms with Gasteiger partial charge in [0, 0.05) is 25.5 Å². The van der Waals surface area contributed by atoms with E-state index in [4.69, 9.17) is 10.2 Å². The standard InChI is InChI=1S/C12H11F2NO4/c13-10-7(12(18)19)1-2-8(11(10)14)15-4-6(5-16)3-9(15)17/h1-2,6,16H,3-5H2,(H,18,19). The van der Waals surface area contributed by atoms with Crippen LogP contribution in [-0.2, 0) is 4.79 Å². The van der Waals surface area contributed by atoms with Crippen LogP contribution in [-0.4, -0.2) is 35.2 Å². The number of aromatic carboxylic acids is 1. The van der Waals surface area contributed by atoms with Gasteiger partial charge in [-0.15, -0.1) is 0 Å². The number of amides is 1. The Labute approximate surface area is 107 Å². The minimum Gasteiger partial charge on any atom is -0.478 e. The van der Waals surface area contributed by atoms with Gasteiger partial charge in [0.05, 0.1) is 11.3 Å². The van der Waals surface area contributed by atoms with Gasteiger partial charge in [0.25, 0.3) is 0 Å². The molecule has 1 amide bonds. The van der Waals surface area contributed by atoms with E-state index in [1.807, 2.05) is 0 Å². The molecule has 1 unspecified atom stereocenters. The Balaban J connectivity index is 2.39. The molecule has 0 spiro atoms. The second-order valence-electron chi connectivity index (χ2n) is 4.32. The van der Waals surface area contributed by atoms with Crippen molar-refractivity contribution >= 4 is 17.6 Å². The summed E-state index contributed by atoms with van der Waals surface area (Å²) in [6.07, 6.45) is 0.0538. The molecule has 7 heteroatoms. The van der Waals surface area contributed by atoms with Crippen molar-refractivity contribution in [3.8, 4) is 0 Å². The van der Waals surface area contributed by atoms with Gasteiger partial charge in [-0.2, -0.15) is 0 Å². The molecule has 1 aromatic rings. The lowest BCUT2D eigenvalue weighted by Crippen LogP contribution is -2.26. The van der Waals surface area contributed by atoms with Crippen molar-refractivity contribution in [1.82, 2.24) is 0 Å². The van der Waals surface area contributed by atoms with Gasteiger partial charge in [-0.3, -0.25) is 4.79 Å². The number of halogens is 2. The number of nitrogens with zero attached hydrogens (tertiary/aromatic N) is 1. The van der Waals surface area contributed by atoms with Gasteiger partial charge in [0.1, 0.15) is 0 Å². The molecule has 1 atom stereocenters. The summed E-state index contributed by atoms with van der Waals surface area (Å²) in [6, 6.07) is 1.97. The number of hydrogen-bond acceptors (Lipinski definition) is 3. The van der Waals surface area contributed by atoms with Crippen molar-refractivity contribution in [2.75, 3.05) is 18.1 Å². The zero-order valence-corrected chi connectivity index (χ0v) is 9.77. The third-order valence-corrected chi connectivity index (χ3v) is 3.05. The largest absolute Gasteiger partial charge is 0.478 e. The first-order chi connectivity index (χ1) is 8.95. The average Bonchev–Trinajstić information content (AvgIpc) is 2.73. The lowest BCUT2D eigenvalue weighted by Gasteiger charge is -2.17. The van der Waals surface area contributed by atoms with Crippen LogP contribution in [0.15, 0.2) is 12.1 Å². The molecular formula is C12H11F2NO4. The van der Waals surface area contributed by atoms with Crippen molar-refractivity contribution < 1.29 is 28.6 Å². The van der Waals surface area contributed by atoms with Crippen molar-refractivity contribution in [2.24, 2.45) is 5.92 Å². The van der Waals surface area contributed by atoms with Crippen LogP contribution in [0.4, 0.5) is 14.5 Å². The van der Waals surface area contributed by atoms with Crippen LogP contribution in [0.25, 0.3) is 0 Å². The lowest BCUT2D eigenvalue weighted by atomic mass is 10.1. The quantitative estimate of drug-likeness (QED) is 0.860. The number of benzene rings is 1. The Morgan fingerprint density at radius 2 is 2.05 bits per heavy atom. The van der Waals surface area contributed by atoms with E-state index in [2.05, 4.69) is 0 Å². The van der Waals surface area contributed by atoms with E-state index >= 15 is 0 Å². The van der Waals surface area contributed by atoms with Crippen LogP contribution in [0, 0.1) is 17.6 Å². The first-order valence-corrected chi connectivity index (χ1v) is 5.58. The average molecular weight is 271 g/mol. The second-order valence-corrected chi connectivity index (χ2v) is 4.32. The summed E-state index contributed by atoms with van der Waals surface area (Å²) in [5, 5.41) is 17.6. The summed E-state index contributed by atoms with van der Waals surface area (Å²) in [7, 11) is 0. The predicted molar refractivity (Wildman–Crippen MR) is 60.9 cm³/mol. The summed E-state index contributed by atoms with van der Waals surface area (Å²) < 4.78 is 27.3. The molecule has 1 saturated heterocycles. The summed E-state index contributed by atoms with van der Waals surface area (Å²) in [5.74, 6) is -5.20. The number of aliphatic hydroxyl groups is 1. The van der Waals surface area contributed by atoms with Crippen molar-refractivity contribution in [3.05, 3.63) is 29.3 Å². The zero-order valence-electron chi connectivity index (χ0n) is 9.77. The second kappa shape index (κ2) is 4.93. The van der Waals surface area contributed by atoms with E-state index in [-0.39, 0.29) is 31.2 Å². The molecular weight excluding hydrogens is 260 g/mol. The summed E-state index contributed by atoms with van der Waals surface area (Å²) in [4.78, 5) is 23.3. The van der Waals surface area contributed by atoms with Gasteiger partial charge < -0.3 is 15.1 Å². The number of carboxylic acid groups (broad SMARTS) is 1. The molecule has 0 saturated carbocycles. The molecule has 0 bridgehead atoms. The Bertz CT molecular complexity index is 547. The van der Waals surface area contributed by atoms with Crippen molar-refractivity contribution in [2.45, 2.75) is 6.42 Å². The third-order valence-electron chi connectivity index (χ3n) is 3.05. The third kappa shape index (κ3) is 2.28. The van der Waals surface area contributed by atoms with Crippen LogP contribution < -0.4 is 4.90 Å². The maximum Gasteiger partial charge on any atom is 0.338 e. The molecule has 1 aliphatic heterocycles. The topological polar surface area (TPSA) is 77.8 Å². The molecule has 2 rings (SSSR count). The summed E-state index contributed by atoms with van der Waals surface area (Å²) in [6.45, 7) is -0.141. The zero-order chi connectivity index (χ0) is 14.2. The number of anilines is 1. The van der Waals surface area contributed by atoms with E-state index in [1.165, 1.54) is 0 Å². The van der Waals surface area contributed by atoms with Crippen LogP contribution >= 0.6 is 0 Å². The van der Waals surface area contributed by atoms with E-state index in [1.54, 1.807) is 0 Å². The highest BCUT2D eigenvalue weighted by atomic mass is 19.2. The van der Waals surface area contributed by atoms with Gasteiger partial charge in [-0.1, -0.05) is 0 Å². The molecule has 0 radical (unpaired) electrons. The molecule has 5 nitrogen and oxygen atoms in total. The van der Waals surface area contributed by atoms with Gasteiger partial charge in [0.15, 0.2) is 11.6 Å². The molecule has 1 heterocycles. The van der Waals surface area contributed by atoms with Crippen LogP contribution in [0.1, 0.15) is 16.8 Å². The minimum atomic E-state index is -1.58. The maximum atomic E-state index is 13.8. The number of hydrogen-bond donors (Lipinski definition) is 2. The highest BCUT2D eigenvalue weighted by Crippen LogP contribution is 2.29. The van der Waals surface area contributed by atoms with Gasteiger partial charge in [0.2, 0.25) is 5.91 Å². The molecule has 1 fully saturated rings. The van der Waals surface area contributed by atoms with Crippen molar-refractivity contribution in [3.63, 3.8) is 0 Å². The van der Waals surface area contributed by atoms with Gasteiger partial charge in [-0.05, 0) is 12.1 Å². The SMILES string of the molecule is O=C(O)c1ccc(N2CC(CO)CC2=O)c(F)c1F. The summed E-state index contributed by atoms with van der Waals surface area (Å²) in [5.41, 5.74) is -1.09. The van der Waals surface area contributed by atoms with Gasteiger partial charge >= 0.3 is 5.97 Å². The van der Waals surface area contributed by atoms with Crippen LogP contribution in [0.3, 0.4) is 0 Å². The molecule has 19 heavy (non-hydrogen) atoms. The monoisotopic (exact) mass is 271 g/mol. The smallest absolute Gasteiger partial charge is 0.338 e. The number of carbonyl (C=O) groups is 2. The Hall–Kier alpha value is -2.02. The number of aliphatic hydroxyl groups excluding tert-OH is 1. The van der Waals surface area contributed by atoms with E-state index in [9.17, 15) is 18.4 Å². The van der Waals surface area contributed by atoms with E-state index in [0.29, 0.717) is 0 Å². The lowest BCUT2D eigenvalue weighted by molar-refractivity contribution is -0.117. The van der Waals surface area contributed by atoms with E-state index in [0.717, 1.165) is 17.0 Å². The minimum absolute atomic E-state index is 0.0538. The normalized spacial score (nSPS) is 19.0. The molecule has 0 aliphatic carbocycles. The van der Waals surface area contributed by atoms with Crippen LogP contribution in [0.2, 0.25) is 0 Å². The highest BCUT2D eigenvalue weighted by molar-refractivity contribution is 5.96. The van der Waals surface area contributed by atoms with Crippen LogP contribution in [0.5, 0.6) is 0 Å².